The number of hydrogen-bond donors (Lipinski definition) is 2. The number of pyridine rings is 1. The summed E-state index contributed by atoms with van der Waals surface area (Å²) >= 11 is 0. The van der Waals surface area contributed by atoms with Crippen LogP contribution in [0.3, 0.4) is 0 Å². The first-order chi connectivity index (χ1) is 20.3. The second-order valence-electron chi connectivity index (χ2n) is 10.7. The van der Waals surface area contributed by atoms with Crippen molar-refractivity contribution in [1.82, 2.24) is 20.1 Å². The molecule has 3 heterocycles. The van der Waals surface area contributed by atoms with Gasteiger partial charge in [0.05, 0.1) is 18.1 Å². The Kier molecular flexibility index (Phi) is 7.20. The van der Waals surface area contributed by atoms with Gasteiger partial charge in [-0.3, -0.25) is 24.2 Å². The number of fused-ring (bicyclic) bond motifs is 2. The molecule has 4 aromatic rings. The lowest BCUT2D eigenvalue weighted by atomic mass is 9.94. The Morgan fingerprint density at radius 1 is 0.976 bits per heavy atom. The highest BCUT2D eigenvalue weighted by atomic mass is 16.3. The number of phenolic OH excluding ortho intramolecular Hbond substituents is 1. The third-order valence-electron chi connectivity index (χ3n) is 7.94. The zero-order valence-electron chi connectivity index (χ0n) is 22.6. The van der Waals surface area contributed by atoms with E-state index in [0.29, 0.717) is 23.0 Å². The van der Waals surface area contributed by atoms with Crippen molar-refractivity contribution in [3.05, 3.63) is 102 Å². The molecule has 208 valence electrons. The summed E-state index contributed by atoms with van der Waals surface area (Å²) in [4.78, 5) is 61.4. The molecule has 3 amide bonds. The maximum Gasteiger partial charge on any atom is 0.254 e. The average Bonchev–Trinajstić information content (AvgIpc) is 3.58. The van der Waals surface area contributed by atoms with Gasteiger partial charge >= 0.3 is 0 Å². The predicted octanol–water partition coefficient (Wildman–Crippen LogP) is 1.77. The third-order valence-corrected chi connectivity index (χ3v) is 7.94. The second-order valence-corrected chi connectivity index (χ2v) is 10.7. The molecule has 0 saturated carbocycles. The Hall–Kier alpha value is -4.99. The molecule has 0 bridgehead atoms. The number of amides is 3. The minimum absolute atomic E-state index is 0.0804. The number of carbonyl (C=O) groups is 4. The maximum absolute atomic E-state index is 14.0. The van der Waals surface area contributed by atoms with Crippen molar-refractivity contribution >= 4 is 47.7 Å². The first kappa shape index (κ1) is 27.2. The summed E-state index contributed by atoms with van der Waals surface area (Å²) in [7, 11) is 5.85. The van der Waals surface area contributed by atoms with Crippen LogP contribution in [0.5, 0.6) is 5.75 Å². The van der Waals surface area contributed by atoms with E-state index < -0.39 is 29.9 Å². The summed E-state index contributed by atoms with van der Waals surface area (Å²) < 4.78 is 0. The van der Waals surface area contributed by atoms with Crippen molar-refractivity contribution in [3.8, 4) is 5.75 Å². The molecule has 2 saturated heterocycles. The lowest BCUT2D eigenvalue weighted by Gasteiger charge is -2.28. The highest BCUT2D eigenvalue weighted by Crippen LogP contribution is 2.32. The number of benzene rings is 3. The topological polar surface area (TPSA) is 120 Å². The monoisotopic (exact) mass is 558 g/mol. The van der Waals surface area contributed by atoms with Gasteiger partial charge in [-0.1, -0.05) is 41.9 Å². The zero-order chi connectivity index (χ0) is 29.4. The molecule has 10 heteroatoms. The zero-order valence-corrected chi connectivity index (χ0v) is 22.6. The molecule has 3 aromatic carbocycles. The van der Waals surface area contributed by atoms with Gasteiger partial charge in [0.15, 0.2) is 5.78 Å². The first-order valence-corrected chi connectivity index (χ1v) is 13.7. The van der Waals surface area contributed by atoms with Crippen molar-refractivity contribution in [2.45, 2.75) is 31.0 Å². The largest absolute Gasteiger partial charge is 0.508 e. The number of Topliss-reactive ketones (excluding diaryl/α,β-unsaturated/α-hetero) is 1. The van der Waals surface area contributed by atoms with E-state index >= 15 is 0 Å². The predicted molar refractivity (Wildman–Crippen MR) is 157 cm³/mol. The Morgan fingerprint density at radius 3 is 2.57 bits per heavy atom. The minimum atomic E-state index is -0.993. The summed E-state index contributed by atoms with van der Waals surface area (Å²) in [5.41, 5.74) is 2.65. The number of rotatable bonds is 6. The number of likely N-dealkylation sites (tertiary alicyclic amines) is 2. The Labute approximate surface area is 243 Å². The molecule has 0 unspecified atom stereocenters. The summed E-state index contributed by atoms with van der Waals surface area (Å²) in [6.45, 7) is 0.173. The Balaban J connectivity index is 1.24. The van der Waals surface area contributed by atoms with Crippen LogP contribution in [0.25, 0.3) is 10.9 Å². The number of ketones is 1. The van der Waals surface area contributed by atoms with Crippen molar-refractivity contribution in [2.75, 3.05) is 13.1 Å². The summed E-state index contributed by atoms with van der Waals surface area (Å²) in [6.07, 6.45) is 2.27. The fraction of sp³-hybridized carbons (Fsp3) is 0.219. The molecule has 0 aliphatic carbocycles. The van der Waals surface area contributed by atoms with Gasteiger partial charge in [-0.05, 0) is 54.4 Å². The summed E-state index contributed by atoms with van der Waals surface area (Å²) in [5.74, 6) is -1.29. The number of nitrogens with zero attached hydrogens (tertiary/aromatic N) is 3. The van der Waals surface area contributed by atoms with Crippen LogP contribution in [0.15, 0.2) is 85.1 Å². The SMILES string of the molecule is [B]c1cccc(C(=O)N[C@@H](Cc2ccc(O)cc2)C(=O)N2CC[C@@H]3[C@H]2C(=O)CN3C(=O)c2ccc3ncccc3c2)c1. The van der Waals surface area contributed by atoms with Gasteiger partial charge in [-0.15, -0.1) is 0 Å². The highest BCUT2D eigenvalue weighted by Gasteiger charge is 2.52. The van der Waals surface area contributed by atoms with E-state index in [1.165, 1.54) is 23.1 Å². The molecule has 2 N–H and O–H groups in total. The number of aromatic nitrogens is 1. The smallest absolute Gasteiger partial charge is 0.254 e. The molecule has 2 fully saturated rings. The number of phenols is 1. The number of aromatic hydroxyl groups is 1. The molecule has 2 radical (unpaired) electrons. The fourth-order valence-electron chi connectivity index (χ4n) is 5.90. The van der Waals surface area contributed by atoms with Crippen LogP contribution < -0.4 is 10.8 Å². The molecule has 9 nitrogen and oxygen atoms in total. The van der Waals surface area contributed by atoms with Crippen LogP contribution in [-0.4, -0.2) is 82.5 Å². The molecule has 2 aliphatic rings. The van der Waals surface area contributed by atoms with Crippen molar-refractivity contribution < 1.29 is 24.3 Å². The number of carbonyl (C=O) groups excluding carboxylic acids is 4. The lowest BCUT2D eigenvalue weighted by molar-refractivity contribution is -0.138. The van der Waals surface area contributed by atoms with Gasteiger partial charge in [-0.2, -0.15) is 0 Å². The van der Waals surface area contributed by atoms with E-state index in [2.05, 4.69) is 10.3 Å². The van der Waals surface area contributed by atoms with Crippen LogP contribution >= 0.6 is 0 Å². The molecule has 42 heavy (non-hydrogen) atoms. The Bertz CT molecular complexity index is 1710. The average molecular weight is 558 g/mol. The molecule has 1 aromatic heterocycles. The minimum Gasteiger partial charge on any atom is -0.508 e. The number of nitrogens with one attached hydrogen (secondary N) is 1. The molecule has 6 rings (SSSR count). The van der Waals surface area contributed by atoms with Gasteiger partial charge in [0, 0.05) is 35.7 Å². The van der Waals surface area contributed by atoms with Crippen LogP contribution in [0.2, 0.25) is 0 Å². The standard InChI is InChI=1S/C32H27BN4O5/c33-23-5-1-3-21(17-23)30(40)35-26(15-19-6-9-24(38)10-7-19)32(42)36-14-12-27-29(36)28(39)18-37(27)31(41)22-8-11-25-20(16-22)4-2-13-34-25/h1-11,13,16-17,26-27,29,38H,12,14-15,18H2,(H,35,40)/t26-,27+,29-/m0/s1. The van der Waals surface area contributed by atoms with Crippen LogP contribution in [0.1, 0.15) is 32.7 Å². The molecular formula is C32H27BN4O5. The molecule has 0 spiro atoms. The quantitative estimate of drug-likeness (QED) is 0.349. The second kappa shape index (κ2) is 11.1. The third kappa shape index (κ3) is 5.23. The highest BCUT2D eigenvalue weighted by molar-refractivity contribution is 6.32. The summed E-state index contributed by atoms with van der Waals surface area (Å²) in [5, 5.41) is 13.3. The van der Waals surface area contributed by atoms with Gasteiger partial charge in [0.2, 0.25) is 5.91 Å². The van der Waals surface area contributed by atoms with E-state index in [0.717, 1.165) is 16.5 Å². The molecule has 3 atom stereocenters. The molecule has 2 aliphatic heterocycles. The fourth-order valence-corrected chi connectivity index (χ4v) is 5.90. The Morgan fingerprint density at radius 2 is 1.79 bits per heavy atom. The summed E-state index contributed by atoms with van der Waals surface area (Å²) in [6, 6.07) is 19.5. The van der Waals surface area contributed by atoms with Gasteiger partial charge in [0.1, 0.15) is 25.7 Å². The number of hydrogen-bond acceptors (Lipinski definition) is 6. The first-order valence-electron chi connectivity index (χ1n) is 13.7. The van der Waals surface area contributed by atoms with Crippen molar-refractivity contribution in [2.24, 2.45) is 0 Å². The van der Waals surface area contributed by atoms with Gasteiger partial charge in [-0.25, -0.2) is 0 Å². The van der Waals surface area contributed by atoms with Crippen LogP contribution in [-0.2, 0) is 16.0 Å². The maximum atomic E-state index is 14.0. The van der Waals surface area contributed by atoms with Crippen LogP contribution in [0.4, 0.5) is 0 Å². The normalized spacial score (nSPS) is 18.6. The van der Waals surface area contributed by atoms with Crippen molar-refractivity contribution in [1.29, 1.82) is 0 Å². The van der Waals surface area contributed by atoms with E-state index in [4.69, 9.17) is 7.85 Å². The molecular weight excluding hydrogens is 531 g/mol. The van der Waals surface area contributed by atoms with E-state index in [1.807, 2.05) is 6.07 Å². The van der Waals surface area contributed by atoms with Gasteiger partial charge in [0.25, 0.3) is 11.8 Å². The van der Waals surface area contributed by atoms with Crippen LogP contribution in [0, 0.1) is 0 Å². The lowest BCUT2D eigenvalue weighted by Crippen LogP contribution is -2.53. The van der Waals surface area contributed by atoms with E-state index in [1.54, 1.807) is 65.7 Å². The van der Waals surface area contributed by atoms with Crippen molar-refractivity contribution in [3.63, 3.8) is 0 Å². The van der Waals surface area contributed by atoms with E-state index in [9.17, 15) is 24.3 Å². The van der Waals surface area contributed by atoms with Gasteiger partial charge < -0.3 is 20.2 Å². The van der Waals surface area contributed by atoms with E-state index in [-0.39, 0.29) is 37.0 Å².